The lowest BCUT2D eigenvalue weighted by atomic mass is 9.92. The summed E-state index contributed by atoms with van der Waals surface area (Å²) in [5, 5.41) is 0. The number of aryl methyl sites for hydroxylation is 1. The van der Waals surface area contributed by atoms with E-state index in [1.165, 1.54) is 0 Å². The molecule has 0 saturated carbocycles. The molecule has 0 N–H and O–H groups in total. The van der Waals surface area contributed by atoms with Gasteiger partial charge in [-0.25, -0.2) is 0 Å². The van der Waals surface area contributed by atoms with Crippen molar-refractivity contribution in [3.05, 3.63) is 83.4 Å². The average molecular weight is 432 g/mol. The minimum Gasteiger partial charge on any atom is -0.493 e. The van der Waals surface area contributed by atoms with Crippen molar-refractivity contribution < 1.29 is 14.3 Å². The Balaban J connectivity index is 1.50. The van der Waals surface area contributed by atoms with E-state index in [1.54, 1.807) is 13.3 Å². The molecule has 0 spiro atoms. The Morgan fingerprint density at radius 2 is 1.94 bits per heavy atom. The topological polar surface area (TPSA) is 64.5 Å². The molecular formula is C26H29N3O3. The number of para-hydroxylation sites is 1. The molecule has 6 heteroatoms. The Kier molecular flexibility index (Phi) is 7.00. The molecule has 1 aromatic carbocycles. The van der Waals surface area contributed by atoms with Gasteiger partial charge in [0.25, 0.3) is 5.91 Å². The maximum Gasteiger partial charge on any atom is 0.257 e. The van der Waals surface area contributed by atoms with E-state index in [1.807, 2.05) is 60.4 Å². The van der Waals surface area contributed by atoms with Crippen LogP contribution in [0.3, 0.4) is 0 Å². The summed E-state index contributed by atoms with van der Waals surface area (Å²) in [4.78, 5) is 24.4. The maximum atomic E-state index is 13.5. The smallest absolute Gasteiger partial charge is 0.257 e. The third-order valence-corrected chi connectivity index (χ3v) is 5.77. The predicted octanol–water partition coefficient (Wildman–Crippen LogP) is 4.47. The molecule has 4 rings (SSSR count). The van der Waals surface area contributed by atoms with Crippen molar-refractivity contribution >= 4 is 5.91 Å². The van der Waals surface area contributed by atoms with Crippen LogP contribution in [0, 0.1) is 12.8 Å². The van der Waals surface area contributed by atoms with Crippen molar-refractivity contribution in [1.29, 1.82) is 0 Å². The van der Waals surface area contributed by atoms with Gasteiger partial charge in [-0.2, -0.15) is 0 Å². The van der Waals surface area contributed by atoms with E-state index in [0.717, 1.165) is 42.9 Å². The van der Waals surface area contributed by atoms with Crippen LogP contribution < -0.4 is 9.47 Å². The zero-order chi connectivity index (χ0) is 22.3. The van der Waals surface area contributed by atoms with Crippen LogP contribution in [0.5, 0.6) is 11.5 Å². The zero-order valence-corrected chi connectivity index (χ0v) is 18.7. The molecule has 6 nitrogen and oxygen atoms in total. The monoisotopic (exact) mass is 431 g/mol. The molecule has 0 radical (unpaired) electrons. The van der Waals surface area contributed by atoms with Gasteiger partial charge in [0.2, 0.25) is 0 Å². The minimum absolute atomic E-state index is 0.0261. The van der Waals surface area contributed by atoms with Crippen LogP contribution in [-0.2, 0) is 13.0 Å². The molecule has 1 amide bonds. The average Bonchev–Trinajstić information content (AvgIpc) is 2.83. The minimum atomic E-state index is -0.0261. The van der Waals surface area contributed by atoms with E-state index in [0.29, 0.717) is 29.5 Å². The van der Waals surface area contributed by atoms with Gasteiger partial charge in [-0.15, -0.1) is 0 Å². The van der Waals surface area contributed by atoms with Gasteiger partial charge in [-0.3, -0.25) is 14.8 Å². The molecule has 0 unspecified atom stereocenters. The molecule has 1 aliphatic rings. The van der Waals surface area contributed by atoms with Crippen LogP contribution in [0.1, 0.15) is 40.3 Å². The van der Waals surface area contributed by atoms with Gasteiger partial charge >= 0.3 is 0 Å². The Morgan fingerprint density at radius 3 is 2.72 bits per heavy atom. The number of hydrogen-bond acceptors (Lipinski definition) is 5. The van der Waals surface area contributed by atoms with E-state index in [2.05, 4.69) is 16.0 Å². The fraction of sp³-hybridized carbons (Fsp3) is 0.346. The van der Waals surface area contributed by atoms with E-state index >= 15 is 0 Å². The summed E-state index contributed by atoms with van der Waals surface area (Å²) in [7, 11) is 1.59. The number of piperidine rings is 1. The highest BCUT2D eigenvalue weighted by Crippen LogP contribution is 2.33. The lowest BCUT2D eigenvalue weighted by molar-refractivity contribution is 0.0667. The summed E-state index contributed by atoms with van der Waals surface area (Å²) in [6, 6.07) is 17.2. The van der Waals surface area contributed by atoms with Crippen LogP contribution in [0.4, 0.5) is 0 Å². The second-order valence-electron chi connectivity index (χ2n) is 8.18. The lowest BCUT2D eigenvalue weighted by Crippen LogP contribution is -2.40. The molecular weight excluding hydrogens is 402 g/mol. The first-order valence-electron chi connectivity index (χ1n) is 11.1. The Hall–Kier alpha value is -3.41. The number of carbonyl (C=O) groups excluding carboxylic acids is 1. The predicted molar refractivity (Wildman–Crippen MR) is 123 cm³/mol. The summed E-state index contributed by atoms with van der Waals surface area (Å²) >= 11 is 0. The highest BCUT2D eigenvalue weighted by Gasteiger charge is 2.28. The van der Waals surface area contributed by atoms with Crippen LogP contribution in [0.15, 0.2) is 60.8 Å². The quantitative estimate of drug-likeness (QED) is 0.552. The number of aromatic nitrogens is 2. The van der Waals surface area contributed by atoms with Crippen LogP contribution in [0.25, 0.3) is 0 Å². The molecule has 166 valence electrons. The van der Waals surface area contributed by atoms with Crippen LogP contribution >= 0.6 is 0 Å². The van der Waals surface area contributed by atoms with Crippen molar-refractivity contribution in [2.75, 3.05) is 20.2 Å². The van der Waals surface area contributed by atoms with Gasteiger partial charge in [0, 0.05) is 30.7 Å². The SMILES string of the molecule is COc1cccc(C(=O)N2CCC[C@H](Cc3cccc(C)n3)C2)c1OCc1ccccn1. The summed E-state index contributed by atoms with van der Waals surface area (Å²) in [6.07, 6.45) is 4.69. The van der Waals surface area contributed by atoms with Gasteiger partial charge in [0.05, 0.1) is 18.4 Å². The number of pyridine rings is 2. The summed E-state index contributed by atoms with van der Waals surface area (Å²) in [5.74, 6) is 1.38. The third kappa shape index (κ3) is 5.25. The first-order chi connectivity index (χ1) is 15.6. The maximum absolute atomic E-state index is 13.5. The Morgan fingerprint density at radius 1 is 1.09 bits per heavy atom. The lowest BCUT2D eigenvalue weighted by Gasteiger charge is -2.33. The molecule has 1 saturated heterocycles. The van der Waals surface area contributed by atoms with Gasteiger partial charge in [-0.1, -0.05) is 18.2 Å². The van der Waals surface area contributed by atoms with E-state index in [-0.39, 0.29) is 12.5 Å². The van der Waals surface area contributed by atoms with Gasteiger partial charge < -0.3 is 14.4 Å². The highest BCUT2D eigenvalue weighted by atomic mass is 16.5. The normalized spacial score (nSPS) is 15.9. The third-order valence-electron chi connectivity index (χ3n) is 5.77. The molecule has 1 atom stereocenters. The summed E-state index contributed by atoms with van der Waals surface area (Å²) in [6.45, 7) is 3.73. The van der Waals surface area contributed by atoms with Crippen molar-refractivity contribution in [3.63, 3.8) is 0 Å². The molecule has 3 aromatic rings. The van der Waals surface area contributed by atoms with Crippen LogP contribution in [-0.4, -0.2) is 41.0 Å². The number of ether oxygens (including phenoxy) is 2. The molecule has 0 bridgehead atoms. The van der Waals surface area contributed by atoms with Crippen LogP contribution in [0.2, 0.25) is 0 Å². The highest BCUT2D eigenvalue weighted by molar-refractivity contribution is 5.98. The number of likely N-dealkylation sites (tertiary alicyclic amines) is 1. The van der Waals surface area contributed by atoms with Crippen molar-refractivity contribution in [2.45, 2.75) is 32.8 Å². The summed E-state index contributed by atoms with van der Waals surface area (Å²) < 4.78 is 11.5. The number of carbonyl (C=O) groups is 1. The standard InChI is InChI=1S/C26H29N3O3/c1-19-8-5-11-21(28-19)16-20-9-7-15-29(17-20)26(30)23-12-6-13-24(31-2)25(23)32-18-22-10-3-4-14-27-22/h3-6,8,10-14,20H,7,9,15-18H2,1-2H3/t20-/m1/s1. The fourth-order valence-corrected chi connectivity index (χ4v) is 4.22. The second-order valence-corrected chi connectivity index (χ2v) is 8.18. The zero-order valence-electron chi connectivity index (χ0n) is 18.7. The molecule has 32 heavy (non-hydrogen) atoms. The van der Waals surface area contributed by atoms with Gasteiger partial charge in [0.1, 0.15) is 6.61 Å². The number of benzene rings is 1. The fourth-order valence-electron chi connectivity index (χ4n) is 4.22. The molecule has 1 aliphatic heterocycles. The van der Waals surface area contributed by atoms with Gasteiger partial charge in [-0.05, 0) is 68.5 Å². The van der Waals surface area contributed by atoms with E-state index < -0.39 is 0 Å². The Bertz CT molecular complexity index is 1060. The molecule has 0 aliphatic carbocycles. The number of rotatable bonds is 7. The van der Waals surface area contributed by atoms with Crippen molar-refractivity contribution in [2.24, 2.45) is 5.92 Å². The van der Waals surface area contributed by atoms with E-state index in [4.69, 9.17) is 9.47 Å². The second kappa shape index (κ2) is 10.3. The number of amides is 1. The number of nitrogens with zero attached hydrogens (tertiary/aromatic N) is 3. The van der Waals surface area contributed by atoms with E-state index in [9.17, 15) is 4.79 Å². The molecule has 2 aromatic heterocycles. The van der Waals surface area contributed by atoms with Crippen molar-refractivity contribution in [1.82, 2.24) is 14.9 Å². The molecule has 3 heterocycles. The Labute approximate surface area is 189 Å². The largest absolute Gasteiger partial charge is 0.493 e. The number of methoxy groups -OCH3 is 1. The molecule has 1 fully saturated rings. The van der Waals surface area contributed by atoms with Crippen molar-refractivity contribution in [3.8, 4) is 11.5 Å². The number of hydrogen-bond donors (Lipinski definition) is 0. The first kappa shape index (κ1) is 21.8. The van der Waals surface area contributed by atoms with Gasteiger partial charge in [0.15, 0.2) is 11.5 Å². The first-order valence-corrected chi connectivity index (χ1v) is 11.1. The summed E-state index contributed by atoms with van der Waals surface area (Å²) in [5.41, 5.74) is 3.43.